The molecule has 3 fully saturated rings. The average molecular weight is 856 g/mol. The van der Waals surface area contributed by atoms with Crippen LogP contribution in [-0.2, 0) is 29.2 Å². The fourth-order valence-corrected chi connectivity index (χ4v) is 9.30. The largest absolute Gasteiger partial charge is 0.497 e. The van der Waals surface area contributed by atoms with Gasteiger partial charge in [0.2, 0.25) is 21.8 Å². The predicted octanol–water partition coefficient (Wildman–Crippen LogP) is 5.19. The Labute approximate surface area is 341 Å². The van der Waals surface area contributed by atoms with Crippen molar-refractivity contribution in [2.24, 2.45) is 5.92 Å². The standard InChI is InChI=1S/C41H41F4N5O9S/c1-57-25-13-16-32-28(17-25)34-35(59-32)33(19-30(46-34)22-9-11-24(42)12-10-22)58-26-18-31-36(51)48-40(38(53)49-60(55,56)27-14-15-27)20-23(40)7-5-3-2-4-6-8-29(37(52)50(31)21-26)47-39(54)41(43,44)45/h5,7,9-13,16-17,19,23,26-27,29,31H,2-4,6,8,14-15,18,20-21H2,1H3,(H,47,54)(H,48,51)(H,49,53)/t23-,26-,29+,31+,40-/m1/s1. The summed E-state index contributed by atoms with van der Waals surface area (Å²) in [6.07, 6.45) is -0.549. The average Bonchev–Trinajstić information content (AvgIpc) is 4.11. The third kappa shape index (κ3) is 8.23. The highest BCUT2D eigenvalue weighted by atomic mass is 32.2. The van der Waals surface area contributed by atoms with Crippen molar-refractivity contribution < 1.29 is 59.0 Å². The van der Waals surface area contributed by atoms with Gasteiger partial charge in [0.1, 0.15) is 46.4 Å². The molecule has 4 amide bonds. The van der Waals surface area contributed by atoms with E-state index in [9.17, 15) is 45.2 Å². The summed E-state index contributed by atoms with van der Waals surface area (Å²) in [7, 11) is -2.53. The van der Waals surface area contributed by atoms with Gasteiger partial charge < -0.3 is 29.4 Å². The van der Waals surface area contributed by atoms with Crippen molar-refractivity contribution in [1.82, 2.24) is 25.2 Å². The molecule has 14 nitrogen and oxygen atoms in total. The number of nitrogens with zero attached hydrogens (tertiary/aromatic N) is 2. The fourth-order valence-electron chi connectivity index (χ4n) is 7.93. The van der Waals surface area contributed by atoms with Crippen molar-refractivity contribution in [3.05, 3.63) is 66.5 Å². The molecule has 60 heavy (non-hydrogen) atoms. The van der Waals surface area contributed by atoms with Gasteiger partial charge in [-0.3, -0.25) is 23.9 Å². The second-order valence-electron chi connectivity index (χ2n) is 15.7. The minimum absolute atomic E-state index is 0.0596. The van der Waals surface area contributed by atoms with Crippen LogP contribution < -0.4 is 24.8 Å². The fraction of sp³-hybridized carbons (Fsp3) is 0.439. The number of rotatable bonds is 8. The van der Waals surface area contributed by atoms with Crippen LogP contribution in [0.5, 0.6) is 11.5 Å². The van der Waals surface area contributed by atoms with Crippen LogP contribution in [0.15, 0.2) is 65.1 Å². The summed E-state index contributed by atoms with van der Waals surface area (Å²) in [4.78, 5) is 60.6. The molecule has 2 saturated carbocycles. The van der Waals surface area contributed by atoms with E-state index in [2.05, 4.69) is 10.0 Å². The number of ether oxygens (including phenoxy) is 2. The zero-order chi connectivity index (χ0) is 42.6. The van der Waals surface area contributed by atoms with Crippen molar-refractivity contribution in [3.8, 4) is 22.8 Å². The first kappa shape index (κ1) is 41.0. The van der Waals surface area contributed by atoms with Gasteiger partial charge in [0.05, 0.1) is 30.0 Å². The Bertz CT molecular complexity index is 2510. The van der Waals surface area contributed by atoms with Gasteiger partial charge in [-0.2, -0.15) is 13.2 Å². The van der Waals surface area contributed by atoms with Crippen LogP contribution >= 0.6 is 0 Å². The van der Waals surface area contributed by atoms with Gasteiger partial charge in [0.25, 0.3) is 5.91 Å². The zero-order valence-corrected chi connectivity index (χ0v) is 33.0. The van der Waals surface area contributed by atoms with Crippen LogP contribution in [0.3, 0.4) is 0 Å². The van der Waals surface area contributed by atoms with Crippen LogP contribution in [0.25, 0.3) is 33.3 Å². The van der Waals surface area contributed by atoms with Gasteiger partial charge in [-0.15, -0.1) is 0 Å². The Morgan fingerprint density at radius 3 is 2.52 bits per heavy atom. The predicted molar refractivity (Wildman–Crippen MR) is 207 cm³/mol. The highest BCUT2D eigenvalue weighted by Crippen LogP contribution is 2.46. The number of hydrogen-bond acceptors (Lipinski definition) is 10. The molecule has 2 aromatic carbocycles. The molecule has 2 aliphatic heterocycles. The number of sulfonamides is 1. The maximum atomic E-state index is 14.4. The van der Waals surface area contributed by atoms with Gasteiger partial charge in [-0.1, -0.05) is 25.0 Å². The molecule has 2 aliphatic carbocycles. The molecule has 3 N–H and O–H groups in total. The number of amides is 4. The summed E-state index contributed by atoms with van der Waals surface area (Å²) in [5.74, 6) is -5.55. The molecule has 2 aromatic heterocycles. The van der Waals surface area contributed by atoms with E-state index in [4.69, 9.17) is 18.9 Å². The molecular formula is C41H41F4N5O9S. The molecule has 0 bridgehead atoms. The van der Waals surface area contributed by atoms with E-state index < -0.39 is 80.5 Å². The molecule has 19 heteroatoms. The normalized spacial score (nSPS) is 25.1. The lowest BCUT2D eigenvalue weighted by molar-refractivity contribution is -0.175. The molecule has 318 valence electrons. The topological polar surface area (TPSA) is 186 Å². The zero-order valence-electron chi connectivity index (χ0n) is 32.2. The van der Waals surface area contributed by atoms with Crippen LogP contribution in [0.4, 0.5) is 17.6 Å². The van der Waals surface area contributed by atoms with Crippen molar-refractivity contribution in [2.45, 2.75) is 92.9 Å². The van der Waals surface area contributed by atoms with Gasteiger partial charge >= 0.3 is 12.1 Å². The highest BCUT2D eigenvalue weighted by molar-refractivity contribution is 7.91. The smallest absolute Gasteiger partial charge is 0.471 e. The number of methoxy groups -OCH3 is 1. The number of furan rings is 1. The number of alkyl halides is 3. The number of benzene rings is 2. The molecule has 4 heterocycles. The van der Waals surface area contributed by atoms with Crippen LogP contribution in [-0.4, -0.2) is 90.7 Å². The van der Waals surface area contributed by atoms with E-state index in [0.717, 1.165) is 4.90 Å². The van der Waals surface area contributed by atoms with Crippen molar-refractivity contribution >= 4 is 55.7 Å². The maximum Gasteiger partial charge on any atom is 0.471 e. The minimum atomic E-state index is -5.30. The van der Waals surface area contributed by atoms with E-state index in [1.807, 2.05) is 5.32 Å². The van der Waals surface area contributed by atoms with Crippen molar-refractivity contribution in [1.29, 1.82) is 0 Å². The quantitative estimate of drug-likeness (QED) is 0.157. The Hall–Kier alpha value is -5.72. The molecule has 5 atom stereocenters. The number of fused-ring (bicyclic) bond motifs is 5. The number of carbonyl (C=O) groups is 4. The SMILES string of the molecule is COc1ccc2oc3c(O[C@@H]4C[C@H]5C(=O)N[C@]6(C(=O)NS(=O)(=O)C7CC7)C[C@H]6C=CCCCCC[C@H](NC(=O)C(F)(F)F)C(=O)N5C4)cc(-c4ccc(F)cc4)nc3c2c1. The molecule has 4 aliphatic rings. The number of allylic oxidation sites excluding steroid dienone is 1. The Morgan fingerprint density at radius 1 is 1.03 bits per heavy atom. The lowest BCUT2D eigenvalue weighted by Gasteiger charge is -2.30. The summed E-state index contributed by atoms with van der Waals surface area (Å²) in [5.41, 5.74) is 0.110. The van der Waals surface area contributed by atoms with Crippen molar-refractivity contribution in [2.75, 3.05) is 13.7 Å². The molecule has 1 saturated heterocycles. The third-order valence-electron chi connectivity index (χ3n) is 11.4. The molecular weight excluding hydrogens is 815 g/mol. The number of hydrogen-bond donors (Lipinski definition) is 3. The highest BCUT2D eigenvalue weighted by Gasteiger charge is 2.62. The van der Waals surface area contributed by atoms with Crippen molar-refractivity contribution in [3.63, 3.8) is 0 Å². The first-order valence-electron chi connectivity index (χ1n) is 19.6. The number of carbonyl (C=O) groups excluding carboxylic acids is 4. The summed E-state index contributed by atoms with van der Waals surface area (Å²) in [6.45, 7) is -0.350. The first-order valence-corrected chi connectivity index (χ1v) is 21.2. The van der Waals surface area contributed by atoms with E-state index in [-0.39, 0.29) is 43.6 Å². The molecule has 0 unspecified atom stereocenters. The van der Waals surface area contributed by atoms with Crippen LogP contribution in [0.1, 0.15) is 57.8 Å². The van der Waals surface area contributed by atoms with E-state index in [1.165, 1.54) is 31.4 Å². The summed E-state index contributed by atoms with van der Waals surface area (Å²) < 4.78 is 101. The molecule has 0 radical (unpaired) electrons. The Morgan fingerprint density at radius 2 is 1.80 bits per heavy atom. The maximum absolute atomic E-state index is 14.4. The van der Waals surface area contributed by atoms with Crippen LogP contribution in [0, 0.1) is 11.7 Å². The Kier molecular flexibility index (Phi) is 10.7. The second-order valence-corrected chi connectivity index (χ2v) is 17.6. The van der Waals surface area contributed by atoms with E-state index in [1.54, 1.807) is 36.4 Å². The second kappa shape index (κ2) is 15.7. The van der Waals surface area contributed by atoms with Gasteiger partial charge in [0, 0.05) is 24.0 Å². The number of pyridine rings is 1. The summed E-state index contributed by atoms with van der Waals surface area (Å²) >= 11 is 0. The minimum Gasteiger partial charge on any atom is -0.497 e. The van der Waals surface area contributed by atoms with Crippen LogP contribution in [0.2, 0.25) is 0 Å². The number of halogens is 4. The lowest BCUT2D eigenvalue weighted by atomic mass is 10.0. The molecule has 4 aromatic rings. The lowest BCUT2D eigenvalue weighted by Crippen LogP contribution is -2.58. The van der Waals surface area contributed by atoms with E-state index in [0.29, 0.717) is 65.6 Å². The van der Waals surface area contributed by atoms with E-state index >= 15 is 0 Å². The first-order chi connectivity index (χ1) is 28.6. The Balaban J connectivity index is 1.16. The third-order valence-corrected chi connectivity index (χ3v) is 13.3. The van der Waals surface area contributed by atoms with Gasteiger partial charge in [0.15, 0.2) is 11.3 Å². The summed E-state index contributed by atoms with van der Waals surface area (Å²) in [5, 5.41) is 4.36. The molecule has 8 rings (SSSR count). The monoisotopic (exact) mass is 855 g/mol. The van der Waals surface area contributed by atoms with Gasteiger partial charge in [-0.25, -0.2) is 17.8 Å². The van der Waals surface area contributed by atoms with Gasteiger partial charge in [-0.05, 0) is 81.0 Å². The summed E-state index contributed by atoms with van der Waals surface area (Å²) in [6, 6.07) is 9.03. The number of aromatic nitrogens is 1. The number of nitrogens with one attached hydrogen (secondary N) is 3. The molecule has 0 spiro atoms.